The van der Waals surface area contributed by atoms with E-state index in [1.54, 1.807) is 18.9 Å². The normalized spacial score (nSPS) is 11.1. The largest absolute Gasteiger partial charge is 0.497 e. The highest BCUT2D eigenvalue weighted by Gasteiger charge is 2.19. The van der Waals surface area contributed by atoms with Crippen molar-refractivity contribution in [2.45, 2.75) is 18.2 Å². The number of methoxy groups -OCH3 is 1. The Morgan fingerprint density at radius 3 is 2.71 bits per heavy atom. The molecule has 0 saturated heterocycles. The standard InChI is InChI=1S/C18H17N5O2S3/c1-4-26-18-22-21-16(28-18)20-15(24)14-10(2)23-9-13(19-17(23)27-14)11-5-7-12(25-3)8-6-11/h5-9H,4H2,1-3H3,(H,20,21,24). The molecule has 0 radical (unpaired) electrons. The van der Waals surface area contributed by atoms with Crippen molar-refractivity contribution in [2.24, 2.45) is 0 Å². The van der Waals surface area contributed by atoms with E-state index in [9.17, 15) is 4.79 Å². The summed E-state index contributed by atoms with van der Waals surface area (Å²) in [6.45, 7) is 3.96. The summed E-state index contributed by atoms with van der Waals surface area (Å²) in [7, 11) is 1.64. The molecule has 10 heteroatoms. The number of amides is 1. The van der Waals surface area contributed by atoms with Gasteiger partial charge in [0.05, 0.1) is 12.8 Å². The van der Waals surface area contributed by atoms with Gasteiger partial charge in [-0.3, -0.25) is 14.5 Å². The Bertz CT molecular complexity index is 1130. The summed E-state index contributed by atoms with van der Waals surface area (Å²) in [6.07, 6.45) is 1.95. The summed E-state index contributed by atoms with van der Waals surface area (Å²) in [4.78, 5) is 18.7. The molecule has 0 bridgehead atoms. The molecule has 0 spiro atoms. The fraction of sp³-hybridized carbons (Fsp3) is 0.222. The highest BCUT2D eigenvalue weighted by Crippen LogP contribution is 2.30. The number of benzene rings is 1. The maximum absolute atomic E-state index is 12.7. The van der Waals surface area contributed by atoms with Crippen LogP contribution < -0.4 is 10.1 Å². The zero-order valence-corrected chi connectivity index (χ0v) is 17.9. The van der Waals surface area contributed by atoms with Crippen LogP contribution in [0.3, 0.4) is 0 Å². The Balaban J connectivity index is 1.57. The monoisotopic (exact) mass is 431 g/mol. The second-order valence-electron chi connectivity index (χ2n) is 5.78. The summed E-state index contributed by atoms with van der Waals surface area (Å²) in [5.41, 5.74) is 2.70. The van der Waals surface area contributed by atoms with E-state index in [-0.39, 0.29) is 5.91 Å². The molecule has 4 aromatic rings. The number of carbonyl (C=O) groups excluding carboxylic acids is 1. The van der Waals surface area contributed by atoms with Crippen LogP contribution in [0.4, 0.5) is 5.13 Å². The first-order valence-corrected chi connectivity index (χ1v) is 11.1. The lowest BCUT2D eigenvalue weighted by Gasteiger charge is -2.01. The van der Waals surface area contributed by atoms with Gasteiger partial charge in [-0.1, -0.05) is 41.4 Å². The number of nitrogens with one attached hydrogen (secondary N) is 1. The molecule has 1 aromatic carbocycles. The first-order chi connectivity index (χ1) is 13.6. The second-order valence-corrected chi connectivity index (χ2v) is 9.25. The van der Waals surface area contributed by atoms with Crippen molar-refractivity contribution >= 4 is 50.4 Å². The molecule has 0 saturated carbocycles. The number of hydrogen-bond acceptors (Lipinski definition) is 8. The molecule has 0 aliphatic heterocycles. The predicted molar refractivity (Wildman–Crippen MR) is 114 cm³/mol. The van der Waals surface area contributed by atoms with Crippen molar-refractivity contribution in [3.8, 4) is 17.0 Å². The van der Waals surface area contributed by atoms with Crippen molar-refractivity contribution in [3.63, 3.8) is 0 Å². The van der Waals surface area contributed by atoms with Gasteiger partial charge >= 0.3 is 0 Å². The van der Waals surface area contributed by atoms with E-state index in [0.717, 1.165) is 37.8 Å². The Morgan fingerprint density at radius 1 is 1.25 bits per heavy atom. The van der Waals surface area contributed by atoms with Gasteiger partial charge in [0, 0.05) is 17.5 Å². The van der Waals surface area contributed by atoms with E-state index in [0.29, 0.717) is 10.0 Å². The van der Waals surface area contributed by atoms with Crippen LogP contribution in [0.15, 0.2) is 34.8 Å². The van der Waals surface area contributed by atoms with Crippen LogP contribution in [0.25, 0.3) is 16.2 Å². The summed E-state index contributed by atoms with van der Waals surface area (Å²) in [6, 6.07) is 7.74. The molecule has 7 nitrogen and oxygen atoms in total. The summed E-state index contributed by atoms with van der Waals surface area (Å²) < 4.78 is 7.98. The van der Waals surface area contributed by atoms with Crippen molar-refractivity contribution in [1.29, 1.82) is 0 Å². The van der Waals surface area contributed by atoms with Crippen LogP contribution in [0.5, 0.6) is 5.75 Å². The van der Waals surface area contributed by atoms with Crippen molar-refractivity contribution in [2.75, 3.05) is 18.2 Å². The number of nitrogens with zero attached hydrogens (tertiary/aromatic N) is 4. The minimum Gasteiger partial charge on any atom is -0.497 e. The minimum atomic E-state index is -0.191. The molecule has 0 unspecified atom stereocenters. The Hall–Kier alpha value is -2.43. The van der Waals surface area contributed by atoms with E-state index in [1.807, 2.05) is 41.8 Å². The number of rotatable bonds is 6. The molecular weight excluding hydrogens is 414 g/mol. The van der Waals surface area contributed by atoms with Crippen LogP contribution >= 0.6 is 34.4 Å². The van der Waals surface area contributed by atoms with Gasteiger partial charge in [-0.05, 0) is 36.9 Å². The highest BCUT2D eigenvalue weighted by atomic mass is 32.2. The summed E-state index contributed by atoms with van der Waals surface area (Å²) in [5.74, 6) is 1.53. The molecule has 1 N–H and O–H groups in total. The average molecular weight is 432 g/mol. The third-order valence-electron chi connectivity index (χ3n) is 4.04. The third kappa shape index (κ3) is 3.62. The number of fused-ring (bicyclic) bond motifs is 1. The zero-order valence-electron chi connectivity index (χ0n) is 15.4. The van der Waals surface area contributed by atoms with E-state index in [4.69, 9.17) is 4.74 Å². The number of thiazole rings is 1. The topological polar surface area (TPSA) is 81.4 Å². The van der Waals surface area contributed by atoms with Gasteiger partial charge in [0.15, 0.2) is 9.30 Å². The average Bonchev–Trinajstić information content (AvgIpc) is 3.39. The van der Waals surface area contributed by atoms with Crippen molar-refractivity contribution < 1.29 is 9.53 Å². The molecule has 0 aliphatic rings. The quantitative estimate of drug-likeness (QED) is 0.355. The predicted octanol–water partition coefficient (Wildman–Crippen LogP) is 4.60. The second kappa shape index (κ2) is 7.90. The highest BCUT2D eigenvalue weighted by molar-refractivity contribution is 8.01. The zero-order chi connectivity index (χ0) is 19.7. The molecule has 0 aliphatic carbocycles. The third-order valence-corrected chi connectivity index (χ3v) is 7.05. The van der Waals surface area contributed by atoms with E-state index in [1.165, 1.54) is 22.7 Å². The number of anilines is 1. The molecular formula is C18H17N5O2S3. The van der Waals surface area contributed by atoms with Gasteiger partial charge in [-0.2, -0.15) is 0 Å². The molecule has 3 heterocycles. The van der Waals surface area contributed by atoms with Gasteiger partial charge < -0.3 is 4.74 Å². The molecule has 144 valence electrons. The maximum Gasteiger partial charge on any atom is 0.269 e. The number of thioether (sulfide) groups is 1. The fourth-order valence-electron chi connectivity index (χ4n) is 2.66. The lowest BCUT2D eigenvalue weighted by Crippen LogP contribution is -2.11. The van der Waals surface area contributed by atoms with Crippen LogP contribution in [0.2, 0.25) is 0 Å². The van der Waals surface area contributed by atoms with Gasteiger partial charge in [-0.25, -0.2) is 4.98 Å². The van der Waals surface area contributed by atoms with Crippen LogP contribution in [-0.4, -0.2) is 38.4 Å². The number of aryl methyl sites for hydroxylation is 1. The first kappa shape index (κ1) is 18.9. The smallest absolute Gasteiger partial charge is 0.269 e. The molecule has 3 aromatic heterocycles. The molecule has 4 rings (SSSR count). The number of hydrogen-bond donors (Lipinski definition) is 1. The van der Waals surface area contributed by atoms with Gasteiger partial charge in [0.1, 0.15) is 10.6 Å². The summed E-state index contributed by atoms with van der Waals surface area (Å²) in [5, 5.41) is 11.4. The Labute approximate surface area is 173 Å². The van der Waals surface area contributed by atoms with E-state index in [2.05, 4.69) is 27.4 Å². The van der Waals surface area contributed by atoms with Gasteiger partial charge in [-0.15, -0.1) is 10.2 Å². The van der Waals surface area contributed by atoms with E-state index >= 15 is 0 Å². The van der Waals surface area contributed by atoms with Crippen LogP contribution in [0, 0.1) is 6.92 Å². The van der Waals surface area contributed by atoms with Gasteiger partial charge in [0.25, 0.3) is 5.91 Å². The number of imidazole rings is 1. The van der Waals surface area contributed by atoms with Crippen LogP contribution in [0.1, 0.15) is 22.3 Å². The first-order valence-electron chi connectivity index (χ1n) is 8.49. The molecule has 28 heavy (non-hydrogen) atoms. The Kier molecular flexibility index (Phi) is 5.33. The number of ether oxygens (including phenoxy) is 1. The lowest BCUT2D eigenvalue weighted by atomic mass is 10.2. The van der Waals surface area contributed by atoms with Crippen molar-refractivity contribution in [1.82, 2.24) is 19.6 Å². The van der Waals surface area contributed by atoms with Crippen molar-refractivity contribution in [3.05, 3.63) is 41.0 Å². The minimum absolute atomic E-state index is 0.191. The Morgan fingerprint density at radius 2 is 2.04 bits per heavy atom. The van der Waals surface area contributed by atoms with Gasteiger partial charge in [0.2, 0.25) is 5.13 Å². The molecule has 0 atom stereocenters. The fourth-order valence-corrected chi connectivity index (χ4v) is 5.31. The van der Waals surface area contributed by atoms with E-state index < -0.39 is 0 Å². The summed E-state index contributed by atoms with van der Waals surface area (Å²) >= 11 is 4.34. The van der Waals surface area contributed by atoms with Crippen LogP contribution in [-0.2, 0) is 0 Å². The molecule has 0 fully saturated rings. The molecule has 1 amide bonds. The SMILES string of the molecule is CCSc1nnc(NC(=O)c2sc3nc(-c4ccc(OC)cc4)cn3c2C)s1. The lowest BCUT2D eigenvalue weighted by molar-refractivity contribution is 0.102. The number of aromatic nitrogens is 4. The number of carbonyl (C=O) groups is 1. The maximum atomic E-state index is 12.7.